The van der Waals surface area contributed by atoms with Crippen LogP contribution in [0.3, 0.4) is 0 Å². The van der Waals surface area contributed by atoms with Gasteiger partial charge in [-0.3, -0.25) is 0 Å². The third-order valence-corrected chi connectivity index (χ3v) is 4.80. The molecule has 1 heterocycles. The van der Waals surface area contributed by atoms with Crippen molar-refractivity contribution in [3.63, 3.8) is 0 Å². The van der Waals surface area contributed by atoms with E-state index < -0.39 is 37.1 Å². The van der Waals surface area contributed by atoms with Crippen molar-refractivity contribution in [1.29, 1.82) is 0 Å². The van der Waals surface area contributed by atoms with Crippen LogP contribution < -0.4 is 4.74 Å². The van der Waals surface area contributed by atoms with E-state index in [1.807, 2.05) is 24.3 Å². The molecule has 2 aromatic rings. The molecule has 0 amide bonds. The molecule has 1 saturated heterocycles. The molecule has 146 valence electrons. The molecule has 1 aliphatic rings. The largest absolute Gasteiger partial charge is 0.494 e. The molecule has 3 rings (SSSR count). The highest BCUT2D eigenvalue weighted by Crippen LogP contribution is 2.33. The lowest BCUT2D eigenvalue weighted by Gasteiger charge is -2.40. The lowest BCUT2D eigenvalue weighted by molar-refractivity contribution is -0.231. The number of rotatable bonds is 7. The summed E-state index contributed by atoms with van der Waals surface area (Å²) in [6, 6.07) is 17.3. The van der Waals surface area contributed by atoms with Crippen molar-refractivity contribution >= 4 is 0 Å². The summed E-state index contributed by atoms with van der Waals surface area (Å²) in [5.74, 6) is 0.637. The van der Waals surface area contributed by atoms with Crippen LogP contribution in [0.4, 0.5) is 0 Å². The minimum atomic E-state index is -1.39. The van der Waals surface area contributed by atoms with Gasteiger partial charge in [0, 0.05) is 0 Å². The topological polar surface area (TPSA) is 99.4 Å². The minimum Gasteiger partial charge on any atom is -0.494 e. The Labute approximate surface area is 158 Å². The first-order chi connectivity index (χ1) is 13.1. The fourth-order valence-corrected chi connectivity index (χ4v) is 3.27. The van der Waals surface area contributed by atoms with Crippen LogP contribution in [0.5, 0.6) is 5.75 Å². The summed E-state index contributed by atoms with van der Waals surface area (Å²) in [6.07, 6.45) is -4.04. The Balaban J connectivity index is 1.59. The highest BCUT2D eigenvalue weighted by molar-refractivity contribution is 5.31. The molecule has 0 spiro atoms. The van der Waals surface area contributed by atoms with Crippen LogP contribution in [0.15, 0.2) is 54.6 Å². The van der Waals surface area contributed by atoms with Crippen LogP contribution in [0.1, 0.15) is 23.7 Å². The Bertz CT molecular complexity index is 705. The van der Waals surface area contributed by atoms with E-state index in [1.165, 1.54) is 5.56 Å². The second-order valence-electron chi connectivity index (χ2n) is 6.76. The van der Waals surface area contributed by atoms with E-state index in [0.29, 0.717) is 17.9 Å². The maximum absolute atomic E-state index is 10.2. The summed E-state index contributed by atoms with van der Waals surface area (Å²) < 4.78 is 11.4. The average Bonchev–Trinajstić information content (AvgIpc) is 2.71. The molecule has 6 heteroatoms. The van der Waals surface area contributed by atoms with Crippen LogP contribution in [0.25, 0.3) is 0 Å². The summed E-state index contributed by atoms with van der Waals surface area (Å²) in [6.45, 7) is 0.101. The summed E-state index contributed by atoms with van der Waals surface area (Å²) in [4.78, 5) is 0. The van der Waals surface area contributed by atoms with Crippen molar-refractivity contribution in [2.24, 2.45) is 0 Å². The van der Waals surface area contributed by atoms with E-state index in [-0.39, 0.29) is 0 Å². The zero-order valence-electron chi connectivity index (χ0n) is 15.0. The minimum absolute atomic E-state index is 0.447. The standard InChI is InChI=1S/C21H26O6/c22-13-17-18(23)19(24)20(25)21(27-17)15-9-4-10-16(12-15)26-11-5-8-14-6-2-1-3-7-14/h1-4,6-7,9-10,12,17-25H,5,8,11,13H2/t17-,18-,19+,20+,21?/m1/s1. The van der Waals surface area contributed by atoms with Gasteiger partial charge < -0.3 is 29.9 Å². The highest BCUT2D eigenvalue weighted by atomic mass is 16.5. The quantitative estimate of drug-likeness (QED) is 0.544. The fraction of sp³-hybridized carbons (Fsp3) is 0.429. The third-order valence-electron chi connectivity index (χ3n) is 4.80. The molecule has 0 radical (unpaired) electrons. The van der Waals surface area contributed by atoms with E-state index in [2.05, 4.69) is 12.1 Å². The highest BCUT2D eigenvalue weighted by Gasteiger charge is 2.43. The predicted octanol–water partition coefficient (Wildman–Crippen LogP) is 1.21. The Morgan fingerprint density at radius 2 is 1.67 bits per heavy atom. The maximum atomic E-state index is 10.2. The van der Waals surface area contributed by atoms with Gasteiger partial charge in [0.15, 0.2) is 0 Å². The van der Waals surface area contributed by atoms with E-state index in [1.54, 1.807) is 18.2 Å². The van der Waals surface area contributed by atoms with Gasteiger partial charge >= 0.3 is 0 Å². The molecule has 0 bridgehead atoms. The number of aliphatic hydroxyl groups is 4. The van der Waals surface area contributed by atoms with Gasteiger partial charge in [0.2, 0.25) is 0 Å². The Morgan fingerprint density at radius 3 is 2.41 bits per heavy atom. The van der Waals surface area contributed by atoms with Gasteiger partial charge in [0.1, 0.15) is 36.3 Å². The molecular formula is C21H26O6. The van der Waals surface area contributed by atoms with E-state index in [0.717, 1.165) is 12.8 Å². The number of hydrogen-bond donors (Lipinski definition) is 4. The van der Waals surface area contributed by atoms with Crippen molar-refractivity contribution in [2.75, 3.05) is 13.2 Å². The van der Waals surface area contributed by atoms with Gasteiger partial charge in [-0.05, 0) is 36.1 Å². The first-order valence-corrected chi connectivity index (χ1v) is 9.17. The van der Waals surface area contributed by atoms with Crippen LogP contribution in [-0.4, -0.2) is 58.1 Å². The second kappa shape index (κ2) is 9.30. The summed E-state index contributed by atoms with van der Waals surface area (Å²) in [7, 11) is 0. The van der Waals surface area contributed by atoms with E-state index in [9.17, 15) is 20.4 Å². The normalized spacial score (nSPS) is 28.1. The summed E-state index contributed by atoms with van der Waals surface area (Å²) >= 11 is 0. The van der Waals surface area contributed by atoms with Crippen molar-refractivity contribution in [1.82, 2.24) is 0 Å². The van der Waals surface area contributed by atoms with Gasteiger partial charge in [-0.15, -0.1) is 0 Å². The molecule has 1 unspecified atom stereocenters. The number of aliphatic hydroxyl groups excluding tert-OH is 4. The number of hydrogen-bond acceptors (Lipinski definition) is 6. The molecule has 0 aliphatic carbocycles. The molecule has 6 nitrogen and oxygen atoms in total. The second-order valence-corrected chi connectivity index (χ2v) is 6.76. The number of aryl methyl sites for hydroxylation is 1. The van der Waals surface area contributed by atoms with E-state index in [4.69, 9.17) is 9.47 Å². The average molecular weight is 374 g/mol. The van der Waals surface area contributed by atoms with Crippen LogP contribution >= 0.6 is 0 Å². The molecule has 4 N–H and O–H groups in total. The van der Waals surface area contributed by atoms with Gasteiger partial charge in [-0.1, -0.05) is 42.5 Å². The Morgan fingerprint density at radius 1 is 0.889 bits per heavy atom. The van der Waals surface area contributed by atoms with Gasteiger partial charge in [0.25, 0.3) is 0 Å². The summed E-state index contributed by atoms with van der Waals surface area (Å²) in [5.41, 5.74) is 1.88. The number of benzene rings is 2. The van der Waals surface area contributed by atoms with Crippen molar-refractivity contribution in [2.45, 2.75) is 43.4 Å². The smallest absolute Gasteiger partial charge is 0.119 e. The molecule has 0 aromatic heterocycles. The van der Waals surface area contributed by atoms with Crippen molar-refractivity contribution in [3.8, 4) is 5.75 Å². The predicted molar refractivity (Wildman–Crippen MR) is 99.4 cm³/mol. The van der Waals surface area contributed by atoms with Crippen LogP contribution in [-0.2, 0) is 11.2 Å². The van der Waals surface area contributed by atoms with Crippen LogP contribution in [0, 0.1) is 0 Å². The molecule has 5 atom stereocenters. The van der Waals surface area contributed by atoms with E-state index >= 15 is 0 Å². The first kappa shape index (κ1) is 19.8. The van der Waals surface area contributed by atoms with Crippen molar-refractivity contribution in [3.05, 3.63) is 65.7 Å². The molecule has 2 aromatic carbocycles. The monoisotopic (exact) mass is 374 g/mol. The molecule has 27 heavy (non-hydrogen) atoms. The Hall–Kier alpha value is -1.96. The third kappa shape index (κ3) is 4.86. The molecular weight excluding hydrogens is 348 g/mol. The van der Waals surface area contributed by atoms with Crippen LogP contribution in [0.2, 0.25) is 0 Å². The lowest BCUT2D eigenvalue weighted by Crippen LogP contribution is -2.55. The van der Waals surface area contributed by atoms with Crippen molar-refractivity contribution < 1.29 is 29.9 Å². The van der Waals surface area contributed by atoms with Gasteiger partial charge in [-0.25, -0.2) is 0 Å². The molecule has 0 saturated carbocycles. The zero-order chi connectivity index (χ0) is 19.2. The first-order valence-electron chi connectivity index (χ1n) is 9.17. The lowest BCUT2D eigenvalue weighted by atomic mass is 9.91. The molecule has 1 fully saturated rings. The summed E-state index contributed by atoms with van der Waals surface area (Å²) in [5, 5.41) is 39.4. The zero-order valence-corrected chi connectivity index (χ0v) is 15.0. The van der Waals surface area contributed by atoms with Gasteiger partial charge in [0.05, 0.1) is 13.2 Å². The van der Waals surface area contributed by atoms with Gasteiger partial charge in [-0.2, -0.15) is 0 Å². The Kier molecular flexibility index (Phi) is 6.82. The number of ether oxygens (including phenoxy) is 2. The molecule has 1 aliphatic heterocycles. The maximum Gasteiger partial charge on any atom is 0.119 e. The SMILES string of the molecule is OC[C@H]1OC(c2cccc(OCCCc3ccccc3)c2)[C@@H](O)[C@@H](O)[C@@H]1O. The fourth-order valence-electron chi connectivity index (χ4n) is 3.27.